The highest BCUT2D eigenvalue weighted by atomic mass is 35.5. The Morgan fingerprint density at radius 3 is 2.60 bits per heavy atom. The number of alkyl halides is 1. The number of ether oxygens (including phenoxy) is 1. The average Bonchev–Trinajstić information content (AvgIpc) is 3.51. The number of fused-ring (bicyclic) bond motifs is 4. The fourth-order valence-electron chi connectivity index (χ4n) is 7.93. The van der Waals surface area contributed by atoms with Gasteiger partial charge in [0.15, 0.2) is 5.82 Å². The molecular weight excluding hydrogens is 583 g/mol. The van der Waals surface area contributed by atoms with Crippen LogP contribution in [0.25, 0.3) is 22.0 Å². The first-order valence-corrected chi connectivity index (χ1v) is 15.8. The average molecular weight is 617 g/mol. The van der Waals surface area contributed by atoms with E-state index in [-0.39, 0.29) is 45.9 Å². The fraction of sp³-hybridized carbons (Fsp3) is 0.548. The third kappa shape index (κ3) is 4.50. The van der Waals surface area contributed by atoms with E-state index in [0.29, 0.717) is 46.8 Å². The SMILES string of the molecule is Oc1cc(Cl)c(C2CC2)c(-c2c(Cl)cc3c(N4CC5CCC(C4)N5)nc(OC[C@]45CCCN4C[C@@H](F)C5)nc3c2F)c1. The van der Waals surface area contributed by atoms with Gasteiger partial charge >= 0.3 is 6.01 Å². The van der Waals surface area contributed by atoms with Crippen molar-refractivity contribution in [1.82, 2.24) is 20.2 Å². The van der Waals surface area contributed by atoms with Gasteiger partial charge in [-0.15, -0.1) is 0 Å². The van der Waals surface area contributed by atoms with Crippen molar-refractivity contribution < 1.29 is 18.6 Å². The molecule has 4 saturated heterocycles. The van der Waals surface area contributed by atoms with Gasteiger partial charge in [-0.2, -0.15) is 9.97 Å². The number of nitrogens with zero attached hydrogens (tertiary/aromatic N) is 4. The lowest BCUT2D eigenvalue weighted by atomic mass is 9.94. The molecule has 1 aromatic heterocycles. The van der Waals surface area contributed by atoms with Crippen molar-refractivity contribution in [3.63, 3.8) is 0 Å². The maximum Gasteiger partial charge on any atom is 0.319 e. The third-order valence-electron chi connectivity index (χ3n) is 9.96. The molecule has 4 aliphatic heterocycles. The molecule has 0 spiro atoms. The van der Waals surface area contributed by atoms with E-state index in [2.05, 4.69) is 20.1 Å². The molecule has 0 amide bonds. The van der Waals surface area contributed by atoms with Crippen LogP contribution < -0.4 is 15.0 Å². The second-order valence-electron chi connectivity index (χ2n) is 12.8. The molecule has 2 N–H and O–H groups in total. The van der Waals surface area contributed by atoms with E-state index in [9.17, 15) is 9.50 Å². The molecule has 2 bridgehead atoms. The number of anilines is 1. The summed E-state index contributed by atoms with van der Waals surface area (Å²) in [6.07, 6.45) is 5.44. The molecule has 8 rings (SSSR count). The zero-order valence-corrected chi connectivity index (χ0v) is 24.7. The monoisotopic (exact) mass is 615 g/mol. The molecule has 2 unspecified atom stereocenters. The van der Waals surface area contributed by atoms with Crippen molar-refractivity contribution in [3.8, 4) is 22.9 Å². The van der Waals surface area contributed by atoms with E-state index in [4.69, 9.17) is 32.9 Å². The summed E-state index contributed by atoms with van der Waals surface area (Å²) in [4.78, 5) is 13.8. The molecule has 5 fully saturated rings. The highest BCUT2D eigenvalue weighted by Crippen LogP contribution is 2.51. The van der Waals surface area contributed by atoms with E-state index >= 15 is 4.39 Å². The summed E-state index contributed by atoms with van der Waals surface area (Å²) in [6.45, 7) is 2.99. The lowest BCUT2D eigenvalue weighted by Crippen LogP contribution is -2.51. The smallest absolute Gasteiger partial charge is 0.319 e. The molecule has 1 saturated carbocycles. The Morgan fingerprint density at radius 2 is 1.83 bits per heavy atom. The number of hydrogen-bond donors (Lipinski definition) is 2. The van der Waals surface area contributed by atoms with E-state index < -0.39 is 12.0 Å². The van der Waals surface area contributed by atoms with Gasteiger partial charge in [0.05, 0.1) is 10.6 Å². The van der Waals surface area contributed by atoms with Crippen LogP contribution in [-0.4, -0.2) is 76.6 Å². The Balaban J connectivity index is 1.26. The van der Waals surface area contributed by atoms with Gasteiger partial charge in [0.1, 0.15) is 29.9 Å². The van der Waals surface area contributed by atoms with Crippen LogP contribution in [-0.2, 0) is 0 Å². The topological polar surface area (TPSA) is 73.8 Å². The predicted molar refractivity (Wildman–Crippen MR) is 159 cm³/mol. The molecule has 4 atom stereocenters. The molecule has 2 aromatic carbocycles. The van der Waals surface area contributed by atoms with Gasteiger partial charge in [-0.05, 0) is 80.3 Å². The van der Waals surface area contributed by atoms with Crippen LogP contribution in [0.4, 0.5) is 14.6 Å². The number of piperazine rings is 1. The highest BCUT2D eigenvalue weighted by Gasteiger charge is 2.49. The molecule has 0 radical (unpaired) electrons. The number of benzene rings is 2. The summed E-state index contributed by atoms with van der Waals surface area (Å²) in [6, 6.07) is 5.50. The summed E-state index contributed by atoms with van der Waals surface area (Å²) >= 11 is 13.4. The first-order chi connectivity index (χ1) is 20.3. The van der Waals surface area contributed by atoms with Gasteiger partial charge in [0.25, 0.3) is 0 Å². The van der Waals surface area contributed by atoms with Crippen molar-refractivity contribution in [2.24, 2.45) is 0 Å². The number of phenols is 1. The number of aromatic hydroxyl groups is 1. The Bertz CT molecular complexity index is 1580. The van der Waals surface area contributed by atoms with Crippen LogP contribution in [0, 0.1) is 5.82 Å². The minimum atomic E-state index is -0.879. The first-order valence-electron chi connectivity index (χ1n) is 15.0. The number of aromatic nitrogens is 2. The number of nitrogens with one attached hydrogen (secondary N) is 1. The third-order valence-corrected chi connectivity index (χ3v) is 10.6. The van der Waals surface area contributed by atoms with Crippen LogP contribution in [0.15, 0.2) is 18.2 Å². The normalized spacial score (nSPS) is 29.0. The fourth-order valence-corrected chi connectivity index (χ4v) is 8.59. The van der Waals surface area contributed by atoms with Gasteiger partial charge < -0.3 is 20.1 Å². The zero-order chi connectivity index (χ0) is 28.7. The van der Waals surface area contributed by atoms with Gasteiger partial charge in [0, 0.05) is 54.1 Å². The summed E-state index contributed by atoms with van der Waals surface area (Å²) in [5, 5.41) is 15.2. The lowest BCUT2D eigenvalue weighted by Gasteiger charge is -2.34. The summed E-state index contributed by atoms with van der Waals surface area (Å²) < 4.78 is 37.5. The first kappa shape index (κ1) is 27.1. The number of phenolic OH excluding ortho intramolecular Hbond substituents is 1. The number of rotatable bonds is 6. The Morgan fingerprint density at radius 1 is 1.05 bits per heavy atom. The Labute approximate surface area is 253 Å². The quantitative estimate of drug-likeness (QED) is 0.341. The maximum atomic E-state index is 16.8. The van der Waals surface area contributed by atoms with Crippen molar-refractivity contribution in [2.75, 3.05) is 37.7 Å². The van der Waals surface area contributed by atoms with E-state index in [1.54, 1.807) is 6.07 Å². The minimum absolute atomic E-state index is 0.0539. The number of halogens is 4. The number of hydrogen-bond acceptors (Lipinski definition) is 7. The van der Waals surface area contributed by atoms with E-state index in [1.165, 1.54) is 12.1 Å². The largest absolute Gasteiger partial charge is 0.508 e. The Kier molecular flexibility index (Phi) is 6.48. The zero-order valence-electron chi connectivity index (χ0n) is 23.2. The van der Waals surface area contributed by atoms with E-state index in [0.717, 1.165) is 63.7 Å². The molecule has 5 aliphatic rings. The predicted octanol–water partition coefficient (Wildman–Crippen LogP) is 6.22. The molecule has 3 aromatic rings. The van der Waals surface area contributed by atoms with Gasteiger partial charge in [-0.3, -0.25) is 4.90 Å². The van der Waals surface area contributed by atoms with Crippen molar-refractivity contribution in [1.29, 1.82) is 0 Å². The summed E-state index contributed by atoms with van der Waals surface area (Å²) in [5.74, 6) is 0.127. The Hall–Kier alpha value is -2.46. The summed E-state index contributed by atoms with van der Waals surface area (Å²) in [5.41, 5.74) is 1.16. The van der Waals surface area contributed by atoms with Crippen molar-refractivity contribution >= 4 is 39.9 Å². The van der Waals surface area contributed by atoms with Crippen molar-refractivity contribution in [3.05, 3.63) is 39.6 Å². The van der Waals surface area contributed by atoms with Crippen LogP contribution in [0.2, 0.25) is 10.0 Å². The van der Waals surface area contributed by atoms with Crippen LogP contribution in [0.1, 0.15) is 56.4 Å². The molecule has 11 heteroatoms. The van der Waals surface area contributed by atoms with Crippen LogP contribution in [0.5, 0.6) is 11.8 Å². The molecular formula is C31H33Cl2F2N5O2. The maximum absolute atomic E-state index is 16.8. The van der Waals surface area contributed by atoms with Gasteiger partial charge in [-0.1, -0.05) is 23.2 Å². The van der Waals surface area contributed by atoms with E-state index in [1.807, 2.05) is 0 Å². The highest BCUT2D eigenvalue weighted by molar-refractivity contribution is 6.35. The second kappa shape index (κ2) is 10.0. The summed E-state index contributed by atoms with van der Waals surface area (Å²) in [7, 11) is 0. The molecule has 5 heterocycles. The molecule has 222 valence electrons. The standard InChI is InChI=1S/C31H33Cl2F2N5O2/c32-23-9-20(41)8-21(25(23)16-2-3-16)26-24(33)10-22-28(27(26)35)37-30(38-29(22)39-13-18-4-5-19(14-39)36-18)42-15-31-6-1-7-40(31)12-17(34)11-31/h8-10,16-19,36,41H,1-7,11-15H2/t17-,18?,19?,31+/m0/s1. The minimum Gasteiger partial charge on any atom is -0.508 e. The van der Waals surface area contributed by atoms with Crippen LogP contribution in [0.3, 0.4) is 0 Å². The van der Waals surface area contributed by atoms with Crippen LogP contribution >= 0.6 is 23.2 Å². The van der Waals surface area contributed by atoms with Gasteiger partial charge in [0.2, 0.25) is 0 Å². The molecule has 7 nitrogen and oxygen atoms in total. The molecule has 42 heavy (non-hydrogen) atoms. The van der Waals surface area contributed by atoms with Crippen molar-refractivity contribution in [2.45, 2.75) is 74.7 Å². The van der Waals surface area contributed by atoms with Gasteiger partial charge in [-0.25, -0.2) is 8.78 Å². The lowest BCUT2D eigenvalue weighted by molar-refractivity contribution is 0.107. The molecule has 1 aliphatic carbocycles. The second-order valence-corrected chi connectivity index (χ2v) is 13.7.